The summed E-state index contributed by atoms with van der Waals surface area (Å²) in [4.78, 5) is 17.6. The quantitative estimate of drug-likeness (QED) is 0.330. The van der Waals surface area contributed by atoms with Gasteiger partial charge in [0.1, 0.15) is 0 Å². The van der Waals surface area contributed by atoms with Gasteiger partial charge in [0.05, 0.1) is 0 Å². The number of hydrogen-bond acceptors (Lipinski definition) is 3. The molecule has 0 atom stereocenters. The van der Waals surface area contributed by atoms with Crippen LogP contribution in [0.4, 0.5) is 0 Å². The van der Waals surface area contributed by atoms with Gasteiger partial charge in [-0.25, -0.2) is 0 Å². The zero-order valence-electron chi connectivity index (χ0n) is 4.60. The molecule has 0 saturated carbocycles. The monoisotopic (exact) mass is 157 g/mol. The van der Waals surface area contributed by atoms with Crippen LogP contribution in [0.5, 0.6) is 0 Å². The second kappa shape index (κ2) is 15.9. The molecule has 47 valence electrons. The van der Waals surface area contributed by atoms with Gasteiger partial charge in [0, 0.05) is 5.97 Å². The van der Waals surface area contributed by atoms with E-state index in [9.17, 15) is 0 Å². The summed E-state index contributed by atoms with van der Waals surface area (Å²) in [7, 11) is 0. The Balaban J connectivity index is -0.0000000575. The first-order chi connectivity index (χ1) is 3.15. The van der Waals surface area contributed by atoms with Crippen molar-refractivity contribution in [2.75, 3.05) is 0 Å². The molecule has 0 aliphatic rings. The van der Waals surface area contributed by atoms with Crippen LogP contribution >= 0.6 is 0 Å². The molecule has 8 heavy (non-hydrogen) atoms. The average Bonchev–Trinajstić information content (AvgIpc) is 1.33. The average molecular weight is 157 g/mol. The summed E-state index contributed by atoms with van der Waals surface area (Å²) in [5, 5.41) is 8.89. The van der Waals surface area contributed by atoms with Crippen LogP contribution in [0.3, 0.4) is 0 Å². The number of carbonyl (C=O) groups is 1. The molecule has 0 aliphatic carbocycles. The van der Waals surface area contributed by atoms with Crippen LogP contribution < -0.4 is 5.11 Å². The van der Waals surface area contributed by atoms with Crippen molar-refractivity contribution in [3.05, 3.63) is 0 Å². The Bertz CT molecular complexity index is 58.3. The molecule has 0 rings (SSSR count). The smallest absolute Gasteiger partial charge is 0.550 e. The Labute approximate surface area is 58.6 Å². The molecular formula is C4H6MnO3. The molecule has 0 N–H and O–H groups in total. The number of rotatable bonds is 0. The Hall–Kier alpha value is -0.341. The standard InChI is InChI=1S/C2H4O2.C2H3O.Mn/c1-2(3)4;1-2-3;/h1H3,(H,3,4);1H3;/q;-1;+2/p-1. The third kappa shape index (κ3) is 1060. The van der Waals surface area contributed by atoms with Crippen molar-refractivity contribution < 1.29 is 31.8 Å². The van der Waals surface area contributed by atoms with E-state index >= 15 is 0 Å². The van der Waals surface area contributed by atoms with E-state index in [0.29, 0.717) is 0 Å². The molecule has 0 spiro atoms. The van der Waals surface area contributed by atoms with Crippen molar-refractivity contribution in [3.63, 3.8) is 0 Å². The second-order valence-electron chi connectivity index (χ2n) is 0.696. The van der Waals surface area contributed by atoms with E-state index in [0.717, 1.165) is 6.92 Å². The van der Waals surface area contributed by atoms with Gasteiger partial charge in [-0.05, 0) is 6.92 Å². The molecule has 0 bridgehead atoms. The summed E-state index contributed by atoms with van der Waals surface area (Å²) in [5.41, 5.74) is 0. The fourth-order valence-corrected chi connectivity index (χ4v) is 0. The van der Waals surface area contributed by atoms with Gasteiger partial charge in [-0.1, -0.05) is 0 Å². The van der Waals surface area contributed by atoms with Gasteiger partial charge in [0.2, 0.25) is 0 Å². The first kappa shape index (κ1) is 15.6. The van der Waals surface area contributed by atoms with E-state index in [4.69, 9.17) is 14.7 Å². The van der Waals surface area contributed by atoms with Crippen molar-refractivity contribution in [3.8, 4) is 0 Å². The minimum absolute atomic E-state index is 0. The van der Waals surface area contributed by atoms with E-state index < -0.39 is 5.97 Å². The van der Waals surface area contributed by atoms with Crippen molar-refractivity contribution in [1.82, 2.24) is 0 Å². The van der Waals surface area contributed by atoms with Gasteiger partial charge >= 0.3 is 17.1 Å². The predicted molar refractivity (Wildman–Crippen MR) is 22.0 cm³/mol. The zero-order chi connectivity index (χ0) is 6.28. The van der Waals surface area contributed by atoms with Crippen molar-refractivity contribution in [2.45, 2.75) is 13.8 Å². The molecule has 0 aromatic heterocycles. The largest absolute Gasteiger partial charge is 2.00 e. The summed E-state index contributed by atoms with van der Waals surface area (Å²) in [6.07, 6.45) is 1.50. The van der Waals surface area contributed by atoms with Crippen molar-refractivity contribution in [1.29, 1.82) is 0 Å². The summed E-state index contributed by atoms with van der Waals surface area (Å²) < 4.78 is 0. The van der Waals surface area contributed by atoms with Gasteiger partial charge in [-0.3, -0.25) is 6.29 Å². The molecule has 0 aromatic rings. The second-order valence-corrected chi connectivity index (χ2v) is 0.696. The first-order valence-corrected chi connectivity index (χ1v) is 1.61. The van der Waals surface area contributed by atoms with Crippen molar-refractivity contribution >= 4 is 12.3 Å². The Morgan fingerprint density at radius 1 is 1.62 bits per heavy atom. The molecule has 0 heterocycles. The zero-order valence-corrected chi connectivity index (χ0v) is 5.78. The molecule has 1 radical (unpaired) electrons. The van der Waals surface area contributed by atoms with E-state index in [2.05, 4.69) is 0 Å². The first-order valence-electron chi connectivity index (χ1n) is 1.61. The van der Waals surface area contributed by atoms with Gasteiger partial charge in [0.15, 0.2) is 0 Å². The molecule has 0 unspecified atom stereocenters. The van der Waals surface area contributed by atoms with Crippen molar-refractivity contribution in [2.24, 2.45) is 0 Å². The van der Waals surface area contributed by atoms with E-state index in [-0.39, 0.29) is 17.1 Å². The normalized spacial score (nSPS) is 4.75. The van der Waals surface area contributed by atoms with Crippen LogP contribution in [0.2, 0.25) is 0 Å². The third-order valence-electron chi connectivity index (χ3n) is 0. The van der Waals surface area contributed by atoms with Gasteiger partial charge in [-0.2, -0.15) is 6.92 Å². The van der Waals surface area contributed by atoms with Crippen LogP contribution in [0, 0.1) is 0 Å². The fourth-order valence-electron chi connectivity index (χ4n) is 0. The number of carboxylic acid groups (broad SMARTS) is 1. The SMILES string of the molecule is CC(=O)[O-].C[C-]=O.[Mn+2]. The van der Waals surface area contributed by atoms with Crippen LogP contribution in [-0.2, 0) is 26.7 Å². The maximum absolute atomic E-state index is 8.89. The molecule has 3 nitrogen and oxygen atoms in total. The van der Waals surface area contributed by atoms with E-state index in [1.54, 1.807) is 0 Å². The van der Waals surface area contributed by atoms with Gasteiger partial charge in [-0.15, -0.1) is 0 Å². The molecule has 0 saturated heterocycles. The third-order valence-corrected chi connectivity index (χ3v) is 0. The van der Waals surface area contributed by atoms with Gasteiger partial charge in [0.25, 0.3) is 0 Å². The summed E-state index contributed by atoms with van der Waals surface area (Å²) >= 11 is 0. The summed E-state index contributed by atoms with van der Waals surface area (Å²) in [5.74, 6) is -1.08. The minimum atomic E-state index is -1.08. The Morgan fingerprint density at radius 3 is 1.62 bits per heavy atom. The predicted octanol–water partition coefficient (Wildman–Crippen LogP) is -1.13. The van der Waals surface area contributed by atoms with Crippen LogP contribution in [0.15, 0.2) is 0 Å². The number of aliphatic carboxylic acids is 1. The number of hydrogen-bond donors (Lipinski definition) is 0. The van der Waals surface area contributed by atoms with Gasteiger partial charge < -0.3 is 14.7 Å². The summed E-state index contributed by atoms with van der Waals surface area (Å²) in [6.45, 7) is 2.29. The summed E-state index contributed by atoms with van der Waals surface area (Å²) in [6, 6.07) is 0. The molecule has 0 amide bonds. The van der Waals surface area contributed by atoms with E-state index in [1.807, 2.05) is 0 Å². The Kier molecular flexibility index (Phi) is 31.2. The maximum Gasteiger partial charge on any atom is 2.00 e. The molecule has 4 heteroatoms. The number of carboxylic acids is 1. The Morgan fingerprint density at radius 2 is 1.62 bits per heavy atom. The molecule has 0 aromatic carbocycles. The minimum Gasteiger partial charge on any atom is -0.550 e. The number of carbonyl (C=O) groups excluding carboxylic acids is 2. The van der Waals surface area contributed by atoms with Crippen LogP contribution in [-0.4, -0.2) is 12.3 Å². The van der Waals surface area contributed by atoms with Crippen LogP contribution in [0.25, 0.3) is 0 Å². The van der Waals surface area contributed by atoms with Crippen LogP contribution in [0.1, 0.15) is 13.8 Å². The fraction of sp³-hybridized carbons (Fsp3) is 0.500. The topological polar surface area (TPSA) is 57.2 Å². The maximum atomic E-state index is 8.89. The molecule has 0 fully saturated rings. The van der Waals surface area contributed by atoms with E-state index in [1.165, 1.54) is 13.2 Å². The molecular weight excluding hydrogens is 151 g/mol. The molecule has 0 aliphatic heterocycles.